The molecule has 0 saturated carbocycles. The number of amidine groups is 1. The van der Waals surface area contributed by atoms with Crippen LogP contribution in [0.2, 0.25) is 0 Å². The number of carbonyl (C=O) groups excluding carboxylic acids is 1. The average Bonchev–Trinajstić information content (AvgIpc) is 2.26. The quantitative estimate of drug-likeness (QED) is 0.471. The smallest absolute Gasteiger partial charge is 0.319 e. The number of anilines is 1. The zero-order chi connectivity index (χ0) is 13.5. The third kappa shape index (κ3) is 4.73. The lowest BCUT2D eigenvalue weighted by Gasteiger charge is -2.13. The summed E-state index contributed by atoms with van der Waals surface area (Å²) in [6.45, 7) is 3.74. The molecule has 1 rings (SSSR count). The van der Waals surface area contributed by atoms with Crippen LogP contribution in [0.25, 0.3) is 0 Å². The molecule has 0 fully saturated rings. The topological polar surface area (TPSA) is 100 Å². The van der Waals surface area contributed by atoms with Crippen LogP contribution in [0.3, 0.4) is 0 Å². The van der Waals surface area contributed by atoms with Gasteiger partial charge in [0, 0.05) is 6.04 Å². The Bertz CT molecular complexity index is 432. The molecule has 0 aliphatic heterocycles. The SMILES string of the molecule is CC(C)NC(=O)Nc1ccccc1OCC(=N)N. The number of ether oxygens (including phenoxy) is 1. The summed E-state index contributed by atoms with van der Waals surface area (Å²) in [6.07, 6.45) is 0. The van der Waals surface area contributed by atoms with E-state index in [4.69, 9.17) is 15.9 Å². The van der Waals surface area contributed by atoms with Crippen LogP contribution in [-0.2, 0) is 0 Å². The summed E-state index contributed by atoms with van der Waals surface area (Å²) in [7, 11) is 0. The Morgan fingerprint density at radius 1 is 1.44 bits per heavy atom. The number of nitrogens with two attached hydrogens (primary N) is 1. The van der Waals surface area contributed by atoms with Gasteiger partial charge in [-0.1, -0.05) is 12.1 Å². The summed E-state index contributed by atoms with van der Waals surface area (Å²) in [4.78, 5) is 11.6. The van der Waals surface area contributed by atoms with Gasteiger partial charge in [-0.05, 0) is 26.0 Å². The number of rotatable bonds is 5. The molecule has 98 valence electrons. The first kappa shape index (κ1) is 13.8. The van der Waals surface area contributed by atoms with Gasteiger partial charge in [0.25, 0.3) is 0 Å². The Balaban J connectivity index is 2.69. The lowest BCUT2D eigenvalue weighted by atomic mass is 10.3. The predicted octanol–water partition coefficient (Wildman–Crippen LogP) is 1.53. The van der Waals surface area contributed by atoms with Crippen LogP contribution >= 0.6 is 0 Å². The molecule has 1 aromatic rings. The van der Waals surface area contributed by atoms with E-state index in [0.29, 0.717) is 11.4 Å². The molecule has 0 aliphatic carbocycles. The Hall–Kier alpha value is -2.24. The molecular weight excluding hydrogens is 232 g/mol. The van der Waals surface area contributed by atoms with Gasteiger partial charge in [-0.3, -0.25) is 5.41 Å². The maximum Gasteiger partial charge on any atom is 0.319 e. The van der Waals surface area contributed by atoms with Gasteiger partial charge in [-0.25, -0.2) is 4.79 Å². The largest absolute Gasteiger partial charge is 0.484 e. The number of urea groups is 1. The predicted molar refractivity (Wildman–Crippen MR) is 71.1 cm³/mol. The van der Waals surface area contributed by atoms with E-state index in [1.807, 2.05) is 13.8 Å². The molecular formula is C12H18N4O2. The van der Waals surface area contributed by atoms with Crippen LogP contribution in [0.4, 0.5) is 10.5 Å². The first-order chi connectivity index (χ1) is 8.49. The van der Waals surface area contributed by atoms with Gasteiger partial charge in [0.2, 0.25) is 0 Å². The Kier molecular flexibility index (Phi) is 4.98. The fourth-order valence-corrected chi connectivity index (χ4v) is 1.27. The normalized spacial score (nSPS) is 9.94. The fourth-order valence-electron chi connectivity index (χ4n) is 1.27. The number of para-hydroxylation sites is 2. The summed E-state index contributed by atoms with van der Waals surface area (Å²) in [5.41, 5.74) is 5.75. The second-order valence-corrected chi connectivity index (χ2v) is 4.06. The van der Waals surface area contributed by atoms with E-state index in [1.165, 1.54) is 0 Å². The highest BCUT2D eigenvalue weighted by Crippen LogP contribution is 2.23. The first-order valence-electron chi connectivity index (χ1n) is 5.61. The van der Waals surface area contributed by atoms with Gasteiger partial charge in [0.15, 0.2) is 0 Å². The van der Waals surface area contributed by atoms with Crippen molar-refractivity contribution >= 4 is 17.6 Å². The van der Waals surface area contributed by atoms with Crippen LogP contribution in [0.15, 0.2) is 24.3 Å². The van der Waals surface area contributed by atoms with Gasteiger partial charge in [0.1, 0.15) is 18.2 Å². The van der Waals surface area contributed by atoms with Crippen molar-refractivity contribution in [3.05, 3.63) is 24.3 Å². The van der Waals surface area contributed by atoms with E-state index in [9.17, 15) is 4.79 Å². The van der Waals surface area contributed by atoms with Crippen LogP contribution in [0, 0.1) is 5.41 Å². The second-order valence-electron chi connectivity index (χ2n) is 4.06. The van der Waals surface area contributed by atoms with E-state index < -0.39 is 0 Å². The molecule has 18 heavy (non-hydrogen) atoms. The number of carbonyl (C=O) groups is 1. The molecule has 1 aromatic carbocycles. The van der Waals surface area contributed by atoms with Crippen molar-refractivity contribution in [3.8, 4) is 5.75 Å². The number of hydrogen-bond acceptors (Lipinski definition) is 3. The lowest BCUT2D eigenvalue weighted by molar-refractivity contribution is 0.250. The fraction of sp³-hybridized carbons (Fsp3) is 0.333. The molecule has 0 saturated heterocycles. The molecule has 0 radical (unpaired) electrons. The third-order valence-electron chi connectivity index (χ3n) is 1.94. The van der Waals surface area contributed by atoms with Crippen LogP contribution in [0.5, 0.6) is 5.75 Å². The molecule has 0 atom stereocenters. The van der Waals surface area contributed by atoms with Crippen molar-refractivity contribution < 1.29 is 9.53 Å². The minimum atomic E-state index is -0.302. The van der Waals surface area contributed by atoms with E-state index in [-0.39, 0.29) is 24.5 Å². The van der Waals surface area contributed by atoms with Crippen LogP contribution < -0.4 is 21.1 Å². The number of nitrogens with one attached hydrogen (secondary N) is 3. The van der Waals surface area contributed by atoms with Crippen molar-refractivity contribution in [1.29, 1.82) is 5.41 Å². The van der Waals surface area contributed by atoms with Gasteiger partial charge in [0.05, 0.1) is 5.69 Å². The standard InChI is InChI=1S/C12H18N4O2/c1-8(2)15-12(17)16-9-5-3-4-6-10(9)18-7-11(13)14/h3-6,8H,7H2,1-2H3,(H3,13,14)(H2,15,16,17). The number of hydrogen-bond donors (Lipinski definition) is 4. The lowest BCUT2D eigenvalue weighted by Crippen LogP contribution is -2.34. The van der Waals surface area contributed by atoms with Gasteiger partial charge >= 0.3 is 6.03 Å². The van der Waals surface area contributed by atoms with Crippen LogP contribution in [-0.4, -0.2) is 24.5 Å². The summed E-state index contributed by atoms with van der Waals surface area (Å²) < 4.78 is 5.31. The summed E-state index contributed by atoms with van der Waals surface area (Å²) in [5, 5.41) is 12.5. The van der Waals surface area contributed by atoms with Crippen molar-refractivity contribution in [2.24, 2.45) is 5.73 Å². The van der Waals surface area contributed by atoms with Gasteiger partial charge in [-0.15, -0.1) is 0 Å². The highest BCUT2D eigenvalue weighted by Gasteiger charge is 2.08. The van der Waals surface area contributed by atoms with E-state index in [0.717, 1.165) is 0 Å². The van der Waals surface area contributed by atoms with Crippen LogP contribution in [0.1, 0.15) is 13.8 Å². The minimum Gasteiger partial charge on any atom is -0.484 e. The van der Waals surface area contributed by atoms with E-state index in [1.54, 1.807) is 24.3 Å². The maximum absolute atomic E-state index is 11.6. The van der Waals surface area contributed by atoms with Crippen molar-refractivity contribution in [1.82, 2.24) is 5.32 Å². The highest BCUT2D eigenvalue weighted by molar-refractivity contribution is 5.91. The average molecular weight is 250 g/mol. The summed E-state index contributed by atoms with van der Waals surface area (Å²) in [6, 6.07) is 6.73. The number of benzene rings is 1. The Morgan fingerprint density at radius 2 is 2.11 bits per heavy atom. The molecule has 0 bridgehead atoms. The molecule has 0 aromatic heterocycles. The second kappa shape index (κ2) is 6.48. The molecule has 0 unspecified atom stereocenters. The molecule has 6 heteroatoms. The van der Waals surface area contributed by atoms with Gasteiger partial charge < -0.3 is 21.1 Å². The Labute approximate surface area is 106 Å². The molecule has 2 amide bonds. The highest BCUT2D eigenvalue weighted by atomic mass is 16.5. The zero-order valence-electron chi connectivity index (χ0n) is 10.5. The monoisotopic (exact) mass is 250 g/mol. The third-order valence-corrected chi connectivity index (χ3v) is 1.94. The van der Waals surface area contributed by atoms with E-state index in [2.05, 4.69) is 10.6 Å². The zero-order valence-corrected chi connectivity index (χ0v) is 10.5. The van der Waals surface area contributed by atoms with Crippen molar-refractivity contribution in [2.75, 3.05) is 11.9 Å². The summed E-state index contributed by atoms with van der Waals surface area (Å²) in [5.74, 6) is 0.406. The Morgan fingerprint density at radius 3 is 2.72 bits per heavy atom. The van der Waals surface area contributed by atoms with Gasteiger partial charge in [-0.2, -0.15) is 0 Å². The minimum absolute atomic E-state index is 0.00943. The van der Waals surface area contributed by atoms with Crippen molar-refractivity contribution in [2.45, 2.75) is 19.9 Å². The molecule has 0 aliphatic rings. The maximum atomic E-state index is 11.6. The molecule has 5 N–H and O–H groups in total. The summed E-state index contributed by atoms with van der Waals surface area (Å²) >= 11 is 0. The molecule has 0 spiro atoms. The number of amides is 2. The van der Waals surface area contributed by atoms with E-state index >= 15 is 0 Å². The first-order valence-corrected chi connectivity index (χ1v) is 5.61. The van der Waals surface area contributed by atoms with Crippen molar-refractivity contribution in [3.63, 3.8) is 0 Å². The molecule has 6 nitrogen and oxygen atoms in total. The molecule has 0 heterocycles.